The van der Waals surface area contributed by atoms with Gasteiger partial charge in [-0.1, -0.05) is 0 Å². The van der Waals surface area contributed by atoms with Gasteiger partial charge in [0.15, 0.2) is 11.3 Å². The van der Waals surface area contributed by atoms with Crippen molar-refractivity contribution in [2.24, 2.45) is 10.2 Å². The number of carbonyl (C=O) groups is 4. The Morgan fingerprint density at radius 3 is 1.27 bits per heavy atom. The van der Waals surface area contributed by atoms with Gasteiger partial charge in [-0.2, -0.15) is 10.2 Å². The van der Waals surface area contributed by atoms with Crippen molar-refractivity contribution < 1.29 is 29.4 Å². The van der Waals surface area contributed by atoms with Gasteiger partial charge >= 0.3 is 11.9 Å². The van der Waals surface area contributed by atoms with Gasteiger partial charge in [-0.3, -0.25) is 19.2 Å². The molecule has 2 unspecified atom stereocenters. The number of aliphatic carboxylic acids is 2. The molecular weight excluding hydrogens is 296 g/mol. The third kappa shape index (κ3) is 7.92. The van der Waals surface area contributed by atoms with Crippen LogP contribution in [0.25, 0.3) is 0 Å². The second-order valence-electron chi connectivity index (χ2n) is 5.25. The van der Waals surface area contributed by atoms with Crippen molar-refractivity contribution in [3.05, 3.63) is 0 Å². The molecule has 10 nitrogen and oxygen atoms in total. The first-order valence-electron chi connectivity index (χ1n) is 6.33. The highest BCUT2D eigenvalue weighted by Crippen LogP contribution is 2.19. The third-order valence-corrected chi connectivity index (χ3v) is 2.37. The fourth-order valence-electron chi connectivity index (χ4n) is 1.78. The summed E-state index contributed by atoms with van der Waals surface area (Å²) in [6.07, 6.45) is -1.11. The Morgan fingerprint density at radius 2 is 1.09 bits per heavy atom. The van der Waals surface area contributed by atoms with E-state index in [1.807, 2.05) is 0 Å². The second-order valence-corrected chi connectivity index (χ2v) is 5.25. The number of azo groups is 1. The van der Waals surface area contributed by atoms with E-state index in [0.29, 0.717) is 0 Å². The van der Waals surface area contributed by atoms with Gasteiger partial charge in [0, 0.05) is 13.8 Å². The maximum atomic E-state index is 11.2. The maximum Gasteiger partial charge on any atom is 0.307 e. The van der Waals surface area contributed by atoms with E-state index in [1.165, 1.54) is 27.7 Å². The molecule has 0 saturated carbocycles. The SMILES string of the molecule is CC(=O)NC(C)(CC(=O)O)/N=N/C(C)(CC(=O)O)NC(C)=O. The van der Waals surface area contributed by atoms with Gasteiger partial charge < -0.3 is 20.8 Å². The predicted octanol–water partition coefficient (Wildman–Crippen LogP) is 0.0926. The molecule has 2 amide bonds. The molecule has 0 rings (SSSR count). The van der Waals surface area contributed by atoms with Crippen LogP contribution in [0.1, 0.15) is 40.5 Å². The number of hydrogen-bond donors (Lipinski definition) is 4. The lowest BCUT2D eigenvalue weighted by atomic mass is 10.1. The van der Waals surface area contributed by atoms with Crippen LogP contribution in [0.4, 0.5) is 0 Å². The number of carbonyl (C=O) groups excluding carboxylic acids is 2. The molecule has 0 radical (unpaired) electrons. The van der Waals surface area contributed by atoms with Crippen molar-refractivity contribution in [1.82, 2.24) is 10.6 Å². The van der Waals surface area contributed by atoms with Gasteiger partial charge in [-0.15, -0.1) is 0 Å². The van der Waals surface area contributed by atoms with E-state index in [9.17, 15) is 19.2 Å². The summed E-state index contributed by atoms with van der Waals surface area (Å²) in [5, 5.41) is 29.9. The number of nitrogens with zero attached hydrogens (tertiary/aromatic N) is 2. The molecule has 124 valence electrons. The summed E-state index contributed by atoms with van der Waals surface area (Å²) in [7, 11) is 0. The van der Waals surface area contributed by atoms with Crippen LogP contribution < -0.4 is 10.6 Å². The molecule has 0 aliphatic carbocycles. The zero-order valence-corrected chi connectivity index (χ0v) is 12.8. The molecule has 4 N–H and O–H groups in total. The van der Waals surface area contributed by atoms with Gasteiger partial charge in [-0.05, 0) is 13.8 Å². The Balaban J connectivity index is 5.44. The predicted molar refractivity (Wildman–Crippen MR) is 73.8 cm³/mol. The minimum atomic E-state index is -1.56. The largest absolute Gasteiger partial charge is 0.481 e. The van der Waals surface area contributed by atoms with Crippen LogP contribution in [0.2, 0.25) is 0 Å². The Labute approximate surface area is 127 Å². The first kappa shape index (κ1) is 19.5. The average Bonchev–Trinajstić information content (AvgIpc) is 2.21. The average molecular weight is 316 g/mol. The van der Waals surface area contributed by atoms with Crippen LogP contribution in [-0.2, 0) is 19.2 Å². The number of rotatable bonds is 8. The normalized spacial score (nSPS) is 16.4. The van der Waals surface area contributed by atoms with E-state index in [1.54, 1.807) is 0 Å². The molecule has 22 heavy (non-hydrogen) atoms. The second kappa shape index (κ2) is 7.48. The van der Waals surface area contributed by atoms with Crippen LogP contribution in [0, 0.1) is 0 Å². The summed E-state index contributed by atoms with van der Waals surface area (Å²) < 4.78 is 0. The molecule has 0 aliphatic rings. The molecule has 10 heteroatoms. The van der Waals surface area contributed by atoms with Crippen molar-refractivity contribution in [3.63, 3.8) is 0 Å². The zero-order chi connectivity index (χ0) is 17.6. The van der Waals surface area contributed by atoms with Gasteiger partial charge in [0.2, 0.25) is 11.8 Å². The van der Waals surface area contributed by atoms with E-state index >= 15 is 0 Å². The molecule has 0 aromatic heterocycles. The molecular formula is C12H20N4O6. The highest BCUT2D eigenvalue weighted by Gasteiger charge is 2.33. The first-order valence-corrected chi connectivity index (χ1v) is 6.33. The Kier molecular flexibility index (Phi) is 6.62. The highest BCUT2D eigenvalue weighted by molar-refractivity contribution is 5.76. The molecule has 0 saturated heterocycles. The van der Waals surface area contributed by atoms with Gasteiger partial charge in [-0.25, -0.2) is 0 Å². The number of hydrogen-bond acceptors (Lipinski definition) is 6. The molecule has 0 fully saturated rings. The Bertz CT molecular complexity index is 426. The van der Waals surface area contributed by atoms with Gasteiger partial charge in [0.05, 0.1) is 12.8 Å². The molecule has 0 aromatic carbocycles. The van der Waals surface area contributed by atoms with Crippen LogP contribution in [0.5, 0.6) is 0 Å². The number of carboxylic acid groups (broad SMARTS) is 2. The summed E-state index contributed by atoms with van der Waals surface area (Å²) in [4.78, 5) is 44.0. The quantitative estimate of drug-likeness (QED) is 0.465. The van der Waals surface area contributed by atoms with Crippen LogP contribution in [0.15, 0.2) is 10.2 Å². The van der Waals surface area contributed by atoms with Crippen LogP contribution >= 0.6 is 0 Å². The molecule has 0 bridgehead atoms. The monoisotopic (exact) mass is 316 g/mol. The Morgan fingerprint density at radius 1 is 0.818 bits per heavy atom. The number of nitrogens with one attached hydrogen (secondary N) is 2. The topological polar surface area (TPSA) is 158 Å². The summed E-state index contributed by atoms with van der Waals surface area (Å²) >= 11 is 0. The lowest BCUT2D eigenvalue weighted by molar-refractivity contribution is -0.140. The third-order valence-electron chi connectivity index (χ3n) is 2.37. The van der Waals surface area contributed by atoms with Crippen LogP contribution in [0.3, 0.4) is 0 Å². The smallest absolute Gasteiger partial charge is 0.307 e. The highest BCUT2D eigenvalue weighted by atomic mass is 16.4. The molecule has 0 aromatic rings. The summed E-state index contributed by atoms with van der Waals surface area (Å²) in [6, 6.07) is 0. The minimum Gasteiger partial charge on any atom is -0.481 e. The number of amides is 2. The van der Waals surface area contributed by atoms with E-state index < -0.39 is 47.9 Å². The fraction of sp³-hybridized carbons (Fsp3) is 0.667. The zero-order valence-electron chi connectivity index (χ0n) is 12.8. The summed E-state index contributed by atoms with van der Waals surface area (Å²) in [6.45, 7) is 5.00. The van der Waals surface area contributed by atoms with E-state index in [4.69, 9.17) is 10.2 Å². The lowest BCUT2D eigenvalue weighted by Crippen LogP contribution is -2.48. The number of carboxylic acids is 2. The molecule has 0 aliphatic heterocycles. The van der Waals surface area contributed by atoms with E-state index in [2.05, 4.69) is 20.9 Å². The lowest BCUT2D eigenvalue weighted by Gasteiger charge is -2.27. The molecule has 2 atom stereocenters. The molecule has 0 spiro atoms. The maximum absolute atomic E-state index is 11.2. The Hall–Kier alpha value is -2.52. The molecule has 0 heterocycles. The van der Waals surface area contributed by atoms with Crippen molar-refractivity contribution in [2.45, 2.75) is 51.9 Å². The fourth-order valence-corrected chi connectivity index (χ4v) is 1.78. The first-order chi connectivity index (χ1) is 9.87. The standard InChI is InChI=1S/C12H20N4O6/c1-7(17)13-11(3,5-9(19)20)15-16-12(4,6-10(21)22)14-8(2)18/h5-6H2,1-4H3,(H,13,17)(H,14,18)(H,19,20)(H,21,22)/b16-15+. The minimum absolute atomic E-state index is 0.526. The summed E-state index contributed by atoms with van der Waals surface area (Å²) in [5.74, 6) is -3.51. The van der Waals surface area contributed by atoms with E-state index in [-0.39, 0.29) is 0 Å². The van der Waals surface area contributed by atoms with Gasteiger partial charge in [0.25, 0.3) is 0 Å². The van der Waals surface area contributed by atoms with Crippen molar-refractivity contribution >= 4 is 23.8 Å². The van der Waals surface area contributed by atoms with Crippen LogP contribution in [-0.4, -0.2) is 45.3 Å². The van der Waals surface area contributed by atoms with Gasteiger partial charge in [0.1, 0.15) is 0 Å². The van der Waals surface area contributed by atoms with E-state index in [0.717, 1.165) is 0 Å². The van der Waals surface area contributed by atoms with Crippen molar-refractivity contribution in [3.8, 4) is 0 Å². The van der Waals surface area contributed by atoms with Crippen molar-refractivity contribution in [2.75, 3.05) is 0 Å². The summed E-state index contributed by atoms with van der Waals surface area (Å²) in [5.41, 5.74) is -3.12. The van der Waals surface area contributed by atoms with Crippen molar-refractivity contribution in [1.29, 1.82) is 0 Å².